The van der Waals surface area contributed by atoms with E-state index in [4.69, 9.17) is 4.98 Å². The zero-order chi connectivity index (χ0) is 18.0. The monoisotopic (exact) mass is 338 g/mol. The number of fused-ring (bicyclic) bond motifs is 4. The lowest BCUT2D eigenvalue weighted by Gasteiger charge is -2.10. The maximum atomic E-state index is 12.6. The largest absolute Gasteiger partial charge is 0.396 e. The van der Waals surface area contributed by atoms with Crippen LogP contribution in [0.1, 0.15) is 30.5 Å². The third-order valence-electron chi connectivity index (χ3n) is 4.41. The van der Waals surface area contributed by atoms with Gasteiger partial charge in [-0.2, -0.15) is 0 Å². The number of aromatic nitrogens is 2. The summed E-state index contributed by atoms with van der Waals surface area (Å²) in [7, 11) is 0. The number of hydrogen-bond acceptors (Lipinski definition) is 4. The SMILES string of the molecule is CC.O=c1c(CO)c(CCO)cc2n1Cc1cc3ccccc3nc1-2. The predicted octanol–water partition coefficient (Wildman–Crippen LogP) is 2.48. The Labute approximate surface area is 146 Å². The zero-order valence-electron chi connectivity index (χ0n) is 14.5. The maximum Gasteiger partial charge on any atom is 0.257 e. The third kappa shape index (κ3) is 2.86. The van der Waals surface area contributed by atoms with Gasteiger partial charge in [0.25, 0.3) is 5.56 Å². The Kier molecular flexibility index (Phi) is 4.97. The molecule has 0 saturated heterocycles. The standard InChI is InChI=1S/C18H16N2O3.C2H6/c21-6-5-11-8-16-17-13(9-20(16)18(23)14(11)10-22)7-12-3-1-2-4-15(12)19-17;1-2/h1-4,7-8,21-22H,5-6,9-10H2;1-2H3. The van der Waals surface area contributed by atoms with Crippen molar-refractivity contribution in [2.24, 2.45) is 0 Å². The average Bonchev–Trinajstić information content (AvgIpc) is 3.00. The Hall–Kier alpha value is -2.50. The minimum atomic E-state index is -0.319. The fraction of sp³-hybridized carbons (Fsp3) is 0.300. The molecule has 0 saturated carbocycles. The molecule has 0 amide bonds. The van der Waals surface area contributed by atoms with E-state index in [-0.39, 0.29) is 18.8 Å². The molecule has 0 fully saturated rings. The van der Waals surface area contributed by atoms with Gasteiger partial charge in [-0.25, -0.2) is 4.98 Å². The number of para-hydroxylation sites is 1. The first-order valence-corrected chi connectivity index (χ1v) is 8.59. The van der Waals surface area contributed by atoms with Gasteiger partial charge < -0.3 is 14.8 Å². The molecule has 25 heavy (non-hydrogen) atoms. The molecule has 0 radical (unpaired) electrons. The quantitative estimate of drug-likeness (QED) is 0.602. The smallest absolute Gasteiger partial charge is 0.257 e. The number of aliphatic hydroxyl groups excluding tert-OH is 2. The lowest BCUT2D eigenvalue weighted by molar-refractivity contribution is 0.273. The lowest BCUT2D eigenvalue weighted by atomic mass is 10.0. The summed E-state index contributed by atoms with van der Waals surface area (Å²) < 4.78 is 1.66. The predicted molar refractivity (Wildman–Crippen MR) is 98.6 cm³/mol. The number of pyridine rings is 2. The maximum absolute atomic E-state index is 12.6. The first kappa shape index (κ1) is 17.3. The van der Waals surface area contributed by atoms with Crippen molar-refractivity contribution in [1.82, 2.24) is 9.55 Å². The van der Waals surface area contributed by atoms with Crippen LogP contribution in [-0.4, -0.2) is 26.4 Å². The highest BCUT2D eigenvalue weighted by atomic mass is 16.3. The van der Waals surface area contributed by atoms with E-state index in [1.54, 1.807) is 4.57 Å². The molecule has 2 N–H and O–H groups in total. The topological polar surface area (TPSA) is 75.3 Å². The van der Waals surface area contributed by atoms with E-state index < -0.39 is 0 Å². The highest BCUT2D eigenvalue weighted by Crippen LogP contribution is 2.32. The van der Waals surface area contributed by atoms with Gasteiger partial charge in [0.1, 0.15) is 0 Å². The second kappa shape index (κ2) is 7.17. The van der Waals surface area contributed by atoms with Crippen LogP contribution in [-0.2, 0) is 19.6 Å². The van der Waals surface area contributed by atoms with E-state index >= 15 is 0 Å². The molecule has 5 nitrogen and oxygen atoms in total. The van der Waals surface area contributed by atoms with Crippen LogP contribution in [0, 0.1) is 0 Å². The average molecular weight is 338 g/mol. The van der Waals surface area contributed by atoms with Gasteiger partial charge in [-0.1, -0.05) is 32.0 Å². The van der Waals surface area contributed by atoms with Gasteiger partial charge in [-0.15, -0.1) is 0 Å². The Balaban J connectivity index is 0.000000880. The third-order valence-corrected chi connectivity index (χ3v) is 4.41. The van der Waals surface area contributed by atoms with Crippen molar-refractivity contribution in [3.8, 4) is 11.4 Å². The van der Waals surface area contributed by atoms with Gasteiger partial charge >= 0.3 is 0 Å². The fourth-order valence-corrected chi connectivity index (χ4v) is 3.28. The number of benzene rings is 1. The molecule has 3 aromatic rings. The molecule has 130 valence electrons. The molecule has 0 spiro atoms. The zero-order valence-corrected chi connectivity index (χ0v) is 14.5. The van der Waals surface area contributed by atoms with E-state index in [0.717, 1.165) is 27.9 Å². The Bertz CT molecular complexity index is 977. The number of hydrogen-bond donors (Lipinski definition) is 2. The molecule has 0 bridgehead atoms. The summed E-state index contributed by atoms with van der Waals surface area (Å²) in [5.74, 6) is 0. The summed E-state index contributed by atoms with van der Waals surface area (Å²) in [5, 5.41) is 19.8. The first-order valence-electron chi connectivity index (χ1n) is 8.59. The van der Waals surface area contributed by atoms with Crippen molar-refractivity contribution in [2.45, 2.75) is 33.4 Å². The Morgan fingerprint density at radius 3 is 2.64 bits per heavy atom. The molecule has 1 aliphatic heterocycles. The summed E-state index contributed by atoms with van der Waals surface area (Å²) >= 11 is 0. The van der Waals surface area contributed by atoms with Gasteiger partial charge in [-0.05, 0) is 30.2 Å². The van der Waals surface area contributed by atoms with Crippen LogP contribution >= 0.6 is 0 Å². The summed E-state index contributed by atoms with van der Waals surface area (Å²) in [6, 6.07) is 11.8. The second-order valence-corrected chi connectivity index (χ2v) is 5.75. The van der Waals surface area contributed by atoms with Gasteiger partial charge in [0.15, 0.2) is 0 Å². The normalized spacial score (nSPS) is 11.7. The minimum absolute atomic E-state index is 0.0616. The minimum Gasteiger partial charge on any atom is -0.396 e. The highest BCUT2D eigenvalue weighted by molar-refractivity contribution is 5.83. The van der Waals surface area contributed by atoms with Crippen LogP contribution < -0.4 is 5.56 Å². The van der Waals surface area contributed by atoms with E-state index in [1.807, 2.05) is 44.2 Å². The molecule has 5 heteroatoms. The summed E-state index contributed by atoms with van der Waals surface area (Å²) in [5.41, 5.74) is 4.32. The van der Waals surface area contributed by atoms with Gasteiger partial charge in [0.05, 0.1) is 30.1 Å². The molecular weight excluding hydrogens is 316 g/mol. The number of rotatable bonds is 3. The van der Waals surface area contributed by atoms with Crippen molar-refractivity contribution < 1.29 is 10.2 Å². The molecule has 1 aliphatic rings. The molecule has 1 aromatic carbocycles. The van der Waals surface area contributed by atoms with Crippen molar-refractivity contribution in [3.05, 3.63) is 63.4 Å². The molecule has 2 aromatic heterocycles. The lowest BCUT2D eigenvalue weighted by Crippen LogP contribution is -2.25. The van der Waals surface area contributed by atoms with Crippen LogP contribution in [0.3, 0.4) is 0 Å². The molecule has 0 atom stereocenters. The van der Waals surface area contributed by atoms with Gasteiger partial charge in [0, 0.05) is 23.1 Å². The molecule has 4 rings (SSSR count). The van der Waals surface area contributed by atoms with Crippen LogP contribution in [0.2, 0.25) is 0 Å². The van der Waals surface area contributed by atoms with Crippen molar-refractivity contribution >= 4 is 10.9 Å². The molecule has 3 heterocycles. The Morgan fingerprint density at radius 2 is 1.92 bits per heavy atom. The van der Waals surface area contributed by atoms with Crippen molar-refractivity contribution in [3.63, 3.8) is 0 Å². The van der Waals surface area contributed by atoms with E-state index in [0.29, 0.717) is 24.1 Å². The summed E-state index contributed by atoms with van der Waals surface area (Å²) in [6.45, 7) is 4.09. The van der Waals surface area contributed by atoms with Gasteiger partial charge in [0.2, 0.25) is 0 Å². The van der Waals surface area contributed by atoms with Crippen molar-refractivity contribution in [1.29, 1.82) is 0 Å². The number of aliphatic hydroxyl groups is 2. The second-order valence-electron chi connectivity index (χ2n) is 5.75. The van der Waals surface area contributed by atoms with E-state index in [9.17, 15) is 15.0 Å². The first-order chi connectivity index (χ1) is 12.2. The highest BCUT2D eigenvalue weighted by Gasteiger charge is 2.24. The van der Waals surface area contributed by atoms with Crippen LogP contribution in [0.25, 0.3) is 22.3 Å². The fourth-order valence-electron chi connectivity index (χ4n) is 3.28. The summed E-state index contributed by atoms with van der Waals surface area (Å²) in [6.07, 6.45) is 0.349. The molecule has 0 unspecified atom stereocenters. The van der Waals surface area contributed by atoms with Gasteiger partial charge in [-0.3, -0.25) is 4.79 Å². The van der Waals surface area contributed by atoms with E-state index in [1.165, 1.54) is 0 Å². The molecule has 0 aliphatic carbocycles. The van der Waals surface area contributed by atoms with Crippen LogP contribution in [0.4, 0.5) is 0 Å². The van der Waals surface area contributed by atoms with Crippen molar-refractivity contribution in [2.75, 3.05) is 6.61 Å². The summed E-state index contributed by atoms with van der Waals surface area (Å²) in [4.78, 5) is 17.4. The van der Waals surface area contributed by atoms with Crippen LogP contribution in [0.5, 0.6) is 0 Å². The molecular formula is C20H22N2O3. The van der Waals surface area contributed by atoms with E-state index in [2.05, 4.69) is 6.07 Å². The Morgan fingerprint density at radius 1 is 1.16 bits per heavy atom. The van der Waals surface area contributed by atoms with Crippen LogP contribution in [0.15, 0.2) is 41.2 Å². The number of nitrogens with zero attached hydrogens (tertiary/aromatic N) is 2.